The number of rotatable bonds is 12. The van der Waals surface area contributed by atoms with Gasteiger partial charge in [0.1, 0.15) is 23.9 Å². The fourth-order valence-corrected chi connectivity index (χ4v) is 4.47. The minimum atomic E-state index is -0.815. The van der Waals surface area contributed by atoms with Crippen LogP contribution in [0.3, 0.4) is 0 Å². The Bertz CT molecular complexity index is 1180. The van der Waals surface area contributed by atoms with E-state index < -0.39 is 5.97 Å². The SMILES string of the molecule is COCCC[C@@H](CC(=O)O)c1ccc(OCc2ccc(C(C)(C)C)c(-c3cc(OC)ccc3F)c2)cc1. The monoisotopic (exact) mass is 508 g/mol. The van der Waals surface area contributed by atoms with Gasteiger partial charge in [-0.2, -0.15) is 0 Å². The summed E-state index contributed by atoms with van der Waals surface area (Å²) in [6.07, 6.45) is 1.62. The van der Waals surface area contributed by atoms with E-state index in [0.29, 0.717) is 30.3 Å². The highest BCUT2D eigenvalue weighted by atomic mass is 19.1. The molecule has 3 aromatic carbocycles. The van der Waals surface area contributed by atoms with Gasteiger partial charge in [-0.25, -0.2) is 4.39 Å². The molecule has 0 amide bonds. The zero-order valence-electron chi connectivity index (χ0n) is 22.3. The Morgan fingerprint density at radius 1 is 0.946 bits per heavy atom. The number of hydrogen-bond donors (Lipinski definition) is 1. The molecule has 3 aromatic rings. The minimum Gasteiger partial charge on any atom is -0.497 e. The van der Waals surface area contributed by atoms with Crippen LogP contribution >= 0.6 is 0 Å². The van der Waals surface area contributed by atoms with Gasteiger partial charge in [0.15, 0.2) is 0 Å². The summed E-state index contributed by atoms with van der Waals surface area (Å²) in [6, 6.07) is 18.4. The van der Waals surface area contributed by atoms with E-state index in [1.165, 1.54) is 6.07 Å². The fraction of sp³-hybridized carbons (Fsp3) is 0.387. The normalized spacial score (nSPS) is 12.3. The standard InChI is InChI=1S/C31H37FO5/c1-31(2,3)28-14-8-21(17-26(28)27-19-25(36-5)13-15-29(27)32)20-37-24-11-9-22(10-12-24)23(18-30(33)34)7-6-16-35-4/h8-15,17,19,23H,6-7,16,18,20H2,1-5H3,(H,33,34)/t23-/m0/s1. The zero-order valence-corrected chi connectivity index (χ0v) is 22.3. The van der Waals surface area contributed by atoms with E-state index in [2.05, 4.69) is 20.8 Å². The summed E-state index contributed by atoms with van der Waals surface area (Å²) in [5.41, 5.74) is 4.04. The number of carbonyl (C=O) groups is 1. The molecule has 0 aliphatic carbocycles. The maximum absolute atomic E-state index is 14.9. The summed E-state index contributed by atoms with van der Waals surface area (Å²) in [4.78, 5) is 11.3. The first-order valence-corrected chi connectivity index (χ1v) is 12.5. The molecule has 6 heteroatoms. The Labute approximate surface area is 219 Å². The highest BCUT2D eigenvalue weighted by molar-refractivity contribution is 5.71. The van der Waals surface area contributed by atoms with E-state index in [1.54, 1.807) is 26.4 Å². The van der Waals surface area contributed by atoms with Crippen LogP contribution in [-0.2, 0) is 21.6 Å². The average molecular weight is 509 g/mol. The number of hydrogen-bond acceptors (Lipinski definition) is 4. The second-order valence-electron chi connectivity index (χ2n) is 10.3. The molecule has 0 spiro atoms. The molecule has 0 aromatic heterocycles. The van der Waals surface area contributed by atoms with Gasteiger partial charge in [0.05, 0.1) is 13.5 Å². The van der Waals surface area contributed by atoms with Gasteiger partial charge in [0, 0.05) is 19.3 Å². The Morgan fingerprint density at radius 2 is 1.65 bits per heavy atom. The van der Waals surface area contributed by atoms with Crippen LogP contribution in [0.2, 0.25) is 0 Å². The molecule has 0 heterocycles. The third-order valence-electron chi connectivity index (χ3n) is 6.43. The second kappa shape index (κ2) is 12.7. The van der Waals surface area contributed by atoms with E-state index in [-0.39, 0.29) is 23.6 Å². The lowest BCUT2D eigenvalue weighted by atomic mass is 9.81. The third kappa shape index (κ3) is 7.80. The number of halogens is 1. The molecule has 0 saturated carbocycles. The zero-order chi connectivity index (χ0) is 27.0. The summed E-state index contributed by atoms with van der Waals surface area (Å²) in [7, 11) is 3.21. The summed E-state index contributed by atoms with van der Waals surface area (Å²) in [6.45, 7) is 7.24. The van der Waals surface area contributed by atoms with Crippen molar-refractivity contribution >= 4 is 5.97 Å². The lowest BCUT2D eigenvalue weighted by molar-refractivity contribution is -0.137. The summed E-state index contributed by atoms with van der Waals surface area (Å²) in [5, 5.41) is 9.30. The average Bonchev–Trinajstić information content (AvgIpc) is 2.86. The molecule has 1 N–H and O–H groups in total. The number of benzene rings is 3. The predicted octanol–water partition coefficient (Wildman–Crippen LogP) is 7.36. The van der Waals surface area contributed by atoms with Gasteiger partial charge >= 0.3 is 5.97 Å². The largest absolute Gasteiger partial charge is 0.497 e. The van der Waals surface area contributed by atoms with Crippen LogP contribution in [0.15, 0.2) is 60.7 Å². The van der Waals surface area contributed by atoms with Crippen molar-refractivity contribution in [2.75, 3.05) is 20.8 Å². The second-order valence-corrected chi connectivity index (χ2v) is 10.3. The molecule has 0 radical (unpaired) electrons. The van der Waals surface area contributed by atoms with Gasteiger partial charge in [-0.05, 0) is 82.8 Å². The number of ether oxygens (including phenoxy) is 3. The lowest BCUT2D eigenvalue weighted by Crippen LogP contribution is -2.13. The van der Waals surface area contributed by atoms with Gasteiger partial charge < -0.3 is 19.3 Å². The van der Waals surface area contributed by atoms with Crippen LogP contribution in [0.25, 0.3) is 11.1 Å². The van der Waals surface area contributed by atoms with Crippen molar-refractivity contribution < 1.29 is 28.5 Å². The number of carboxylic acids is 1. The van der Waals surface area contributed by atoms with Crippen molar-refractivity contribution in [1.29, 1.82) is 0 Å². The Balaban J connectivity index is 1.80. The summed E-state index contributed by atoms with van der Waals surface area (Å²) < 4.78 is 31.4. The van der Waals surface area contributed by atoms with Crippen LogP contribution in [0.5, 0.6) is 11.5 Å². The smallest absolute Gasteiger partial charge is 0.303 e. The van der Waals surface area contributed by atoms with Crippen LogP contribution < -0.4 is 9.47 Å². The molecule has 5 nitrogen and oxygen atoms in total. The number of methoxy groups -OCH3 is 2. The van der Waals surface area contributed by atoms with Crippen molar-refractivity contribution in [2.45, 2.75) is 58.0 Å². The first-order valence-electron chi connectivity index (χ1n) is 12.5. The van der Waals surface area contributed by atoms with E-state index in [4.69, 9.17) is 14.2 Å². The van der Waals surface area contributed by atoms with Gasteiger partial charge in [-0.1, -0.05) is 45.0 Å². The highest BCUT2D eigenvalue weighted by Crippen LogP contribution is 2.37. The van der Waals surface area contributed by atoms with E-state index in [0.717, 1.165) is 35.1 Å². The van der Waals surface area contributed by atoms with E-state index >= 15 is 0 Å². The van der Waals surface area contributed by atoms with Gasteiger partial charge in [0.2, 0.25) is 0 Å². The Hall–Kier alpha value is -3.38. The van der Waals surface area contributed by atoms with Gasteiger partial charge in [-0.3, -0.25) is 4.79 Å². The maximum atomic E-state index is 14.9. The first-order chi connectivity index (χ1) is 17.6. The molecule has 0 aliphatic rings. The van der Waals surface area contributed by atoms with E-state index in [9.17, 15) is 14.3 Å². The molecule has 0 fully saturated rings. The first kappa shape index (κ1) is 28.2. The van der Waals surface area contributed by atoms with Crippen LogP contribution in [0, 0.1) is 5.82 Å². The Kier molecular flexibility index (Phi) is 9.70. The van der Waals surface area contributed by atoms with Crippen molar-refractivity contribution in [3.05, 3.63) is 83.2 Å². The van der Waals surface area contributed by atoms with Crippen LogP contribution in [0.4, 0.5) is 4.39 Å². The minimum absolute atomic E-state index is 0.0769. The van der Waals surface area contributed by atoms with Crippen molar-refractivity contribution in [3.8, 4) is 22.6 Å². The molecule has 3 rings (SSSR count). The molecule has 0 aliphatic heterocycles. The van der Waals surface area contributed by atoms with Crippen molar-refractivity contribution in [2.24, 2.45) is 0 Å². The molecule has 1 atom stereocenters. The predicted molar refractivity (Wildman–Crippen MR) is 144 cm³/mol. The van der Waals surface area contributed by atoms with E-state index in [1.807, 2.05) is 42.5 Å². The highest BCUT2D eigenvalue weighted by Gasteiger charge is 2.21. The van der Waals surface area contributed by atoms with Gasteiger partial charge in [-0.15, -0.1) is 0 Å². The molecule has 37 heavy (non-hydrogen) atoms. The van der Waals surface area contributed by atoms with Crippen LogP contribution in [-0.4, -0.2) is 31.9 Å². The number of carboxylic acid groups (broad SMARTS) is 1. The third-order valence-corrected chi connectivity index (χ3v) is 6.43. The summed E-state index contributed by atoms with van der Waals surface area (Å²) in [5.74, 6) is 0.0863. The molecule has 0 unspecified atom stereocenters. The lowest BCUT2D eigenvalue weighted by Gasteiger charge is -2.24. The van der Waals surface area contributed by atoms with Crippen molar-refractivity contribution in [1.82, 2.24) is 0 Å². The van der Waals surface area contributed by atoms with Crippen molar-refractivity contribution in [3.63, 3.8) is 0 Å². The molecule has 0 bridgehead atoms. The van der Waals surface area contributed by atoms with Gasteiger partial charge in [0.25, 0.3) is 0 Å². The quantitative estimate of drug-likeness (QED) is 0.259. The molecule has 198 valence electrons. The molecular formula is C31H37FO5. The number of aliphatic carboxylic acids is 1. The topological polar surface area (TPSA) is 65.0 Å². The molecule has 0 saturated heterocycles. The fourth-order valence-electron chi connectivity index (χ4n) is 4.47. The summed E-state index contributed by atoms with van der Waals surface area (Å²) >= 11 is 0. The van der Waals surface area contributed by atoms with Crippen LogP contribution in [0.1, 0.15) is 62.6 Å². The Morgan fingerprint density at radius 3 is 2.27 bits per heavy atom. The molecular weight excluding hydrogens is 471 g/mol. The maximum Gasteiger partial charge on any atom is 0.303 e.